The molecule has 0 bridgehead atoms. The van der Waals surface area contributed by atoms with Crippen molar-refractivity contribution in [2.24, 2.45) is 0 Å². The number of aryl methyl sites for hydroxylation is 1. The zero-order valence-electron chi connectivity index (χ0n) is 8.42. The van der Waals surface area contributed by atoms with Gasteiger partial charge in [0.1, 0.15) is 5.82 Å². The Balaban J connectivity index is 2.46. The summed E-state index contributed by atoms with van der Waals surface area (Å²) in [5, 5.41) is 0.473. The lowest BCUT2D eigenvalue weighted by molar-refractivity contribution is 0.597. The van der Waals surface area contributed by atoms with Crippen molar-refractivity contribution in [1.29, 1.82) is 0 Å². The van der Waals surface area contributed by atoms with E-state index in [1.807, 2.05) is 0 Å². The molecule has 0 radical (unpaired) electrons. The van der Waals surface area contributed by atoms with Crippen LogP contribution in [0.3, 0.4) is 0 Å². The highest BCUT2D eigenvalue weighted by Crippen LogP contribution is 2.17. The normalized spacial score (nSPS) is 11.7. The molecular weight excluding hydrogens is 274 g/mol. The van der Waals surface area contributed by atoms with Gasteiger partial charge < -0.3 is 0 Å². The summed E-state index contributed by atoms with van der Waals surface area (Å²) in [6, 6.07) is 4.33. The molecule has 0 saturated heterocycles. The third-order valence-corrected chi connectivity index (χ3v) is 3.57. The van der Waals surface area contributed by atoms with Gasteiger partial charge in [0.2, 0.25) is 9.05 Å². The second kappa shape index (κ2) is 5.84. The molecule has 0 atom stereocenters. The Hall–Kier alpha value is -0.320. The van der Waals surface area contributed by atoms with Crippen LogP contribution in [0.4, 0.5) is 4.39 Å². The second-order valence-electron chi connectivity index (χ2n) is 3.44. The number of rotatable bonds is 5. The number of hydrogen-bond acceptors (Lipinski definition) is 2. The van der Waals surface area contributed by atoms with E-state index in [9.17, 15) is 12.8 Å². The van der Waals surface area contributed by atoms with Crippen LogP contribution in [0.25, 0.3) is 0 Å². The number of unbranched alkanes of at least 4 members (excludes halogenated alkanes) is 1. The van der Waals surface area contributed by atoms with Gasteiger partial charge in [-0.05, 0) is 43.0 Å². The molecular formula is C10H11Cl2FO2S. The average Bonchev–Trinajstić information content (AvgIpc) is 2.16. The quantitative estimate of drug-likeness (QED) is 0.614. The van der Waals surface area contributed by atoms with Crippen LogP contribution in [-0.2, 0) is 15.5 Å². The van der Waals surface area contributed by atoms with Crippen LogP contribution in [0, 0.1) is 5.82 Å². The fraction of sp³-hybridized carbons (Fsp3) is 0.400. The van der Waals surface area contributed by atoms with Crippen molar-refractivity contribution < 1.29 is 12.8 Å². The Morgan fingerprint density at radius 2 is 1.94 bits per heavy atom. The highest BCUT2D eigenvalue weighted by Gasteiger charge is 2.06. The Kier molecular flexibility index (Phi) is 5.02. The Labute approximate surface area is 104 Å². The molecule has 16 heavy (non-hydrogen) atoms. The standard InChI is InChI=1S/C10H11Cl2FO2S/c11-9-4-5-10(13)8(7-9)3-1-2-6-16(12,14)15/h4-5,7H,1-3,6H2. The van der Waals surface area contributed by atoms with Crippen molar-refractivity contribution in [3.05, 3.63) is 34.6 Å². The van der Waals surface area contributed by atoms with Gasteiger partial charge in [0.25, 0.3) is 0 Å². The van der Waals surface area contributed by atoms with Gasteiger partial charge in [0.05, 0.1) is 5.75 Å². The minimum absolute atomic E-state index is 0.0866. The molecule has 0 aliphatic rings. The largest absolute Gasteiger partial charge is 0.232 e. The van der Waals surface area contributed by atoms with Gasteiger partial charge in [-0.3, -0.25) is 0 Å². The lowest BCUT2D eigenvalue weighted by Gasteiger charge is -2.03. The van der Waals surface area contributed by atoms with E-state index in [0.717, 1.165) is 0 Å². The van der Waals surface area contributed by atoms with Gasteiger partial charge in [-0.1, -0.05) is 11.6 Å². The minimum Gasteiger partial charge on any atom is -0.212 e. The van der Waals surface area contributed by atoms with Crippen LogP contribution in [0.2, 0.25) is 5.02 Å². The molecule has 0 fully saturated rings. The number of hydrogen-bond donors (Lipinski definition) is 0. The van der Waals surface area contributed by atoms with Gasteiger partial charge in [-0.2, -0.15) is 0 Å². The topological polar surface area (TPSA) is 34.1 Å². The SMILES string of the molecule is O=S(=O)(Cl)CCCCc1cc(Cl)ccc1F. The van der Waals surface area contributed by atoms with Gasteiger partial charge in [0.15, 0.2) is 0 Å². The highest BCUT2D eigenvalue weighted by molar-refractivity contribution is 8.13. The Morgan fingerprint density at radius 3 is 2.56 bits per heavy atom. The molecule has 0 aliphatic carbocycles. The number of halogens is 3. The highest BCUT2D eigenvalue weighted by atomic mass is 35.7. The zero-order valence-corrected chi connectivity index (χ0v) is 10.7. The molecule has 1 rings (SSSR count). The van der Waals surface area contributed by atoms with Gasteiger partial charge >= 0.3 is 0 Å². The van der Waals surface area contributed by atoms with E-state index in [2.05, 4.69) is 0 Å². The molecule has 0 aromatic heterocycles. The van der Waals surface area contributed by atoms with Crippen molar-refractivity contribution in [3.8, 4) is 0 Å². The third kappa shape index (κ3) is 5.14. The fourth-order valence-corrected chi connectivity index (χ4v) is 2.40. The van der Waals surface area contributed by atoms with Crippen molar-refractivity contribution in [2.45, 2.75) is 19.3 Å². The van der Waals surface area contributed by atoms with Crippen molar-refractivity contribution in [2.75, 3.05) is 5.75 Å². The Bertz CT molecular complexity index is 460. The summed E-state index contributed by atoms with van der Waals surface area (Å²) in [6.45, 7) is 0. The summed E-state index contributed by atoms with van der Waals surface area (Å²) in [5.41, 5.74) is 0.500. The molecule has 1 aromatic rings. The molecule has 1 aromatic carbocycles. The van der Waals surface area contributed by atoms with E-state index in [1.54, 1.807) is 6.07 Å². The van der Waals surface area contributed by atoms with E-state index in [-0.39, 0.29) is 11.6 Å². The van der Waals surface area contributed by atoms with E-state index in [4.69, 9.17) is 22.3 Å². The fourth-order valence-electron chi connectivity index (χ4n) is 1.32. The molecule has 0 N–H and O–H groups in total. The molecule has 2 nitrogen and oxygen atoms in total. The van der Waals surface area contributed by atoms with E-state index < -0.39 is 9.05 Å². The van der Waals surface area contributed by atoms with Crippen LogP contribution in [-0.4, -0.2) is 14.2 Å². The third-order valence-electron chi connectivity index (χ3n) is 2.09. The lowest BCUT2D eigenvalue weighted by atomic mass is 10.1. The van der Waals surface area contributed by atoms with Crippen LogP contribution in [0.1, 0.15) is 18.4 Å². The molecule has 0 spiro atoms. The van der Waals surface area contributed by atoms with Crippen molar-refractivity contribution in [1.82, 2.24) is 0 Å². The van der Waals surface area contributed by atoms with Crippen LogP contribution < -0.4 is 0 Å². The molecule has 6 heteroatoms. The van der Waals surface area contributed by atoms with Crippen molar-refractivity contribution in [3.63, 3.8) is 0 Å². The molecule has 0 unspecified atom stereocenters. The molecule has 0 aliphatic heterocycles. The zero-order chi connectivity index (χ0) is 12.2. The second-order valence-corrected chi connectivity index (χ2v) is 6.77. The average molecular weight is 285 g/mol. The van der Waals surface area contributed by atoms with Crippen molar-refractivity contribution >= 4 is 31.3 Å². The summed E-state index contributed by atoms with van der Waals surface area (Å²) in [5.74, 6) is -0.408. The van der Waals surface area contributed by atoms with Crippen LogP contribution >= 0.6 is 22.3 Å². The lowest BCUT2D eigenvalue weighted by Crippen LogP contribution is -1.98. The molecule has 0 amide bonds. The van der Waals surface area contributed by atoms with E-state index in [1.165, 1.54) is 12.1 Å². The Morgan fingerprint density at radius 1 is 1.25 bits per heavy atom. The molecule has 90 valence electrons. The maximum absolute atomic E-state index is 13.2. The predicted molar refractivity (Wildman–Crippen MR) is 64.0 cm³/mol. The summed E-state index contributed by atoms with van der Waals surface area (Å²) in [6.07, 6.45) is 1.43. The summed E-state index contributed by atoms with van der Waals surface area (Å²) >= 11 is 5.72. The van der Waals surface area contributed by atoms with E-state index >= 15 is 0 Å². The first-order valence-corrected chi connectivity index (χ1v) is 7.60. The van der Waals surface area contributed by atoms with Gasteiger partial charge in [-0.15, -0.1) is 0 Å². The number of benzene rings is 1. The summed E-state index contributed by atoms with van der Waals surface area (Å²) < 4.78 is 34.5. The summed E-state index contributed by atoms with van der Waals surface area (Å²) in [4.78, 5) is 0. The monoisotopic (exact) mass is 284 g/mol. The molecule has 0 heterocycles. The van der Waals surface area contributed by atoms with Gasteiger partial charge in [-0.25, -0.2) is 12.8 Å². The van der Waals surface area contributed by atoms with Crippen LogP contribution in [0.15, 0.2) is 18.2 Å². The summed E-state index contributed by atoms with van der Waals surface area (Å²) in [7, 11) is 1.60. The first-order chi connectivity index (χ1) is 7.38. The predicted octanol–water partition coefficient (Wildman–Crippen LogP) is 3.37. The first kappa shape index (κ1) is 13.7. The maximum atomic E-state index is 13.2. The molecule has 0 saturated carbocycles. The first-order valence-electron chi connectivity index (χ1n) is 4.75. The van der Waals surface area contributed by atoms with E-state index in [0.29, 0.717) is 29.8 Å². The minimum atomic E-state index is -3.44. The smallest absolute Gasteiger partial charge is 0.212 e. The van der Waals surface area contributed by atoms with Crippen LogP contribution in [0.5, 0.6) is 0 Å². The van der Waals surface area contributed by atoms with Gasteiger partial charge in [0, 0.05) is 15.7 Å². The maximum Gasteiger partial charge on any atom is 0.232 e.